The van der Waals surface area contributed by atoms with Gasteiger partial charge in [0, 0.05) is 22.6 Å². The Bertz CT molecular complexity index is 1000. The number of nitrogens with zero attached hydrogens (tertiary/aromatic N) is 2. The molecule has 26 heavy (non-hydrogen) atoms. The van der Waals surface area contributed by atoms with Crippen LogP contribution in [0.1, 0.15) is 41.3 Å². The number of nitrogens with two attached hydrogens (primary N) is 1. The summed E-state index contributed by atoms with van der Waals surface area (Å²) in [7, 11) is 0. The van der Waals surface area contributed by atoms with E-state index < -0.39 is 11.7 Å². The minimum atomic E-state index is -4.36. The zero-order valence-electron chi connectivity index (χ0n) is 14.1. The quantitative estimate of drug-likeness (QED) is 0.554. The first-order chi connectivity index (χ1) is 12.3. The summed E-state index contributed by atoms with van der Waals surface area (Å²) >= 11 is 3.50. The highest BCUT2D eigenvalue weighted by Gasteiger charge is 2.34. The highest BCUT2D eigenvalue weighted by molar-refractivity contribution is 9.10. The number of anilines is 1. The minimum Gasteiger partial charge on any atom is -0.399 e. The van der Waals surface area contributed by atoms with Crippen molar-refractivity contribution in [2.75, 3.05) is 5.73 Å². The smallest absolute Gasteiger partial charge is 0.399 e. The van der Waals surface area contributed by atoms with Crippen molar-refractivity contribution in [3.63, 3.8) is 0 Å². The lowest BCUT2D eigenvalue weighted by atomic mass is 10.0. The molecule has 0 radical (unpaired) electrons. The fourth-order valence-corrected chi connectivity index (χ4v) is 3.93. The lowest BCUT2D eigenvalue weighted by molar-refractivity contribution is -0.138. The van der Waals surface area contributed by atoms with E-state index >= 15 is 0 Å². The van der Waals surface area contributed by atoms with Crippen molar-refractivity contribution < 1.29 is 13.2 Å². The lowest BCUT2D eigenvalue weighted by Gasteiger charge is -2.16. The van der Waals surface area contributed by atoms with Gasteiger partial charge in [0.2, 0.25) is 0 Å². The summed E-state index contributed by atoms with van der Waals surface area (Å²) in [5.41, 5.74) is 8.52. The molecule has 1 heterocycles. The molecule has 1 fully saturated rings. The third-order valence-electron chi connectivity index (χ3n) is 4.88. The number of hydrogen-bond acceptors (Lipinski definition) is 2. The van der Waals surface area contributed by atoms with E-state index in [1.165, 1.54) is 13.0 Å². The Hall–Kier alpha value is -2.02. The maximum absolute atomic E-state index is 13.2. The molecule has 0 saturated heterocycles. The molecule has 0 atom stereocenters. The molecule has 1 aromatic heterocycles. The van der Waals surface area contributed by atoms with Crippen LogP contribution < -0.4 is 5.73 Å². The van der Waals surface area contributed by atoms with Crippen molar-refractivity contribution in [1.82, 2.24) is 9.55 Å². The Balaban J connectivity index is 1.87. The first-order valence-corrected chi connectivity index (χ1v) is 9.16. The number of benzene rings is 2. The fourth-order valence-electron chi connectivity index (χ4n) is 3.37. The molecule has 1 aliphatic carbocycles. The summed E-state index contributed by atoms with van der Waals surface area (Å²) in [6.07, 6.45) is -2.25. The summed E-state index contributed by atoms with van der Waals surface area (Å²) in [6.45, 7) is 1.87. The van der Waals surface area contributed by atoms with Crippen LogP contribution in [0.15, 0.2) is 34.8 Å². The number of rotatable bonds is 3. The van der Waals surface area contributed by atoms with Crippen LogP contribution in [0.4, 0.5) is 18.9 Å². The van der Waals surface area contributed by atoms with Gasteiger partial charge in [0.05, 0.1) is 11.1 Å². The van der Waals surface area contributed by atoms with E-state index in [1.54, 1.807) is 12.1 Å². The number of halogens is 4. The molecule has 0 amide bonds. The molecule has 0 aliphatic heterocycles. The predicted molar refractivity (Wildman–Crippen MR) is 99.1 cm³/mol. The van der Waals surface area contributed by atoms with Gasteiger partial charge in [-0.05, 0) is 65.0 Å². The molecule has 0 unspecified atom stereocenters. The second-order valence-electron chi connectivity index (χ2n) is 6.79. The van der Waals surface area contributed by atoms with Gasteiger partial charge >= 0.3 is 6.18 Å². The van der Waals surface area contributed by atoms with Gasteiger partial charge in [0.1, 0.15) is 11.3 Å². The van der Waals surface area contributed by atoms with Gasteiger partial charge < -0.3 is 10.3 Å². The van der Waals surface area contributed by atoms with Crippen LogP contribution in [0.3, 0.4) is 0 Å². The highest BCUT2D eigenvalue weighted by atomic mass is 79.9. The third kappa shape index (κ3) is 2.98. The number of imidazole rings is 1. The van der Waals surface area contributed by atoms with E-state index in [9.17, 15) is 13.2 Å². The molecule has 3 nitrogen and oxygen atoms in total. The van der Waals surface area contributed by atoms with Crippen LogP contribution in [-0.4, -0.2) is 9.55 Å². The Morgan fingerprint density at radius 1 is 1.27 bits per heavy atom. The van der Waals surface area contributed by atoms with E-state index in [0.717, 1.165) is 40.2 Å². The number of nitrogen functional groups attached to an aromatic ring is 1. The van der Waals surface area contributed by atoms with Crippen molar-refractivity contribution in [2.24, 2.45) is 0 Å². The fraction of sp³-hybridized carbons (Fsp3) is 0.316. The lowest BCUT2D eigenvalue weighted by Crippen LogP contribution is -2.11. The van der Waals surface area contributed by atoms with E-state index in [2.05, 4.69) is 15.9 Å². The normalized spacial score (nSPS) is 15.0. The molecule has 2 aromatic carbocycles. The maximum Gasteiger partial charge on any atom is 0.416 e. The SMILES string of the molecule is Cc1c(Cn2c(C3CC3)nc3c(Br)cc(N)cc32)cccc1C(F)(F)F. The van der Waals surface area contributed by atoms with Crippen LogP contribution >= 0.6 is 15.9 Å². The minimum absolute atomic E-state index is 0.256. The molecule has 136 valence electrons. The topological polar surface area (TPSA) is 43.8 Å². The Labute approximate surface area is 157 Å². The maximum atomic E-state index is 13.2. The van der Waals surface area contributed by atoms with Gasteiger partial charge in [-0.1, -0.05) is 12.1 Å². The molecular weight excluding hydrogens is 407 g/mol. The molecule has 2 N–H and O–H groups in total. The van der Waals surface area contributed by atoms with E-state index in [-0.39, 0.29) is 5.56 Å². The van der Waals surface area contributed by atoms with E-state index in [4.69, 9.17) is 10.7 Å². The van der Waals surface area contributed by atoms with Crippen LogP contribution in [0, 0.1) is 6.92 Å². The van der Waals surface area contributed by atoms with Crippen LogP contribution in [0.2, 0.25) is 0 Å². The number of alkyl halides is 3. The standard InChI is InChI=1S/C19H17BrF3N3/c1-10-12(3-2-4-14(10)19(21,22)23)9-26-16-8-13(24)7-15(20)17(16)25-18(26)11-5-6-11/h2-4,7-8,11H,5-6,9,24H2,1H3. The van der Waals surface area contributed by atoms with E-state index in [1.807, 2.05) is 10.6 Å². The summed E-state index contributed by atoms with van der Waals surface area (Å²) in [6, 6.07) is 7.97. The third-order valence-corrected chi connectivity index (χ3v) is 5.49. The number of fused-ring (bicyclic) bond motifs is 1. The van der Waals surface area contributed by atoms with Gasteiger partial charge in [0.25, 0.3) is 0 Å². The van der Waals surface area contributed by atoms with Crippen molar-refractivity contribution in [3.05, 3.63) is 57.3 Å². The van der Waals surface area contributed by atoms with Crippen molar-refractivity contribution in [3.8, 4) is 0 Å². The molecular formula is C19H17BrF3N3. The second kappa shape index (κ2) is 6.01. The van der Waals surface area contributed by atoms with Crippen molar-refractivity contribution >= 4 is 32.7 Å². The number of hydrogen-bond donors (Lipinski definition) is 1. The van der Waals surface area contributed by atoms with Gasteiger partial charge in [-0.25, -0.2) is 4.98 Å². The first-order valence-electron chi connectivity index (χ1n) is 8.36. The summed E-state index contributed by atoms with van der Waals surface area (Å²) in [4.78, 5) is 4.75. The molecule has 3 aromatic rings. The van der Waals surface area contributed by atoms with Gasteiger partial charge in [-0.3, -0.25) is 0 Å². The second-order valence-corrected chi connectivity index (χ2v) is 7.64. The summed E-state index contributed by atoms with van der Waals surface area (Å²) < 4.78 is 42.5. The Morgan fingerprint density at radius 2 is 2.00 bits per heavy atom. The molecule has 7 heteroatoms. The Morgan fingerprint density at radius 3 is 2.65 bits per heavy atom. The Kier molecular flexibility index (Phi) is 4.02. The van der Waals surface area contributed by atoms with Gasteiger partial charge in [0.15, 0.2) is 0 Å². The number of aromatic nitrogens is 2. The zero-order valence-corrected chi connectivity index (χ0v) is 15.7. The van der Waals surface area contributed by atoms with Crippen molar-refractivity contribution in [2.45, 2.75) is 38.4 Å². The molecule has 4 rings (SSSR count). The summed E-state index contributed by atoms with van der Waals surface area (Å²) in [5.74, 6) is 1.28. The van der Waals surface area contributed by atoms with Gasteiger partial charge in [-0.2, -0.15) is 13.2 Å². The van der Waals surface area contributed by atoms with E-state index in [0.29, 0.717) is 23.7 Å². The average molecular weight is 424 g/mol. The summed E-state index contributed by atoms with van der Waals surface area (Å²) in [5, 5.41) is 0. The van der Waals surface area contributed by atoms with Crippen LogP contribution in [-0.2, 0) is 12.7 Å². The van der Waals surface area contributed by atoms with Crippen molar-refractivity contribution in [1.29, 1.82) is 0 Å². The molecule has 1 saturated carbocycles. The largest absolute Gasteiger partial charge is 0.416 e. The monoisotopic (exact) mass is 423 g/mol. The average Bonchev–Trinajstić information content (AvgIpc) is 3.32. The first kappa shape index (κ1) is 17.4. The highest BCUT2D eigenvalue weighted by Crippen LogP contribution is 2.42. The molecule has 1 aliphatic rings. The predicted octanol–water partition coefficient (Wildman–Crippen LogP) is 5.63. The van der Waals surface area contributed by atoms with Gasteiger partial charge in [-0.15, -0.1) is 0 Å². The molecule has 0 spiro atoms. The zero-order chi connectivity index (χ0) is 18.6. The van der Waals surface area contributed by atoms with Crippen LogP contribution in [0.25, 0.3) is 11.0 Å². The van der Waals surface area contributed by atoms with Crippen LogP contribution in [0.5, 0.6) is 0 Å². The molecule has 0 bridgehead atoms.